The molecule has 0 saturated carbocycles. The first-order valence-corrected chi connectivity index (χ1v) is 8.48. The van der Waals surface area contributed by atoms with Gasteiger partial charge in [0.25, 0.3) is 0 Å². The number of rotatable bonds is 6. The lowest BCUT2D eigenvalue weighted by atomic mass is 10.1. The second-order valence-corrected chi connectivity index (χ2v) is 6.92. The Kier molecular flexibility index (Phi) is 5.48. The zero-order chi connectivity index (χ0) is 15.4. The number of hydrogen-bond acceptors (Lipinski definition) is 4. The molecule has 2 aromatic rings. The van der Waals surface area contributed by atoms with Crippen molar-refractivity contribution in [2.75, 3.05) is 6.54 Å². The summed E-state index contributed by atoms with van der Waals surface area (Å²) in [6, 6.07) is 2.17. The molecule has 1 N–H and O–H groups in total. The minimum Gasteiger partial charge on any atom is -0.312 e. The van der Waals surface area contributed by atoms with Gasteiger partial charge in [-0.25, -0.2) is 4.98 Å². The molecule has 0 atom stereocenters. The first-order valence-electron chi connectivity index (χ1n) is 7.66. The fraction of sp³-hybridized carbons (Fsp3) is 0.529. The molecule has 0 aromatic carbocycles. The van der Waals surface area contributed by atoms with Gasteiger partial charge in [0.15, 0.2) is 0 Å². The van der Waals surface area contributed by atoms with E-state index in [1.54, 1.807) is 11.3 Å². The molecule has 0 radical (unpaired) electrons. The van der Waals surface area contributed by atoms with Gasteiger partial charge in [0, 0.05) is 17.6 Å². The molecule has 0 saturated heterocycles. The van der Waals surface area contributed by atoms with Crippen LogP contribution in [0.15, 0.2) is 12.3 Å². The maximum atomic E-state index is 4.87. The predicted octanol–water partition coefficient (Wildman–Crippen LogP) is 4.44. The standard InChI is InChI=1S/C17H25N3S/c1-6-7-18-10-14-15(11(2)3)20-17(21-14)16-13(5)8-12(4)9-19-16/h8-9,11,18H,6-7,10H2,1-5H3. The molecule has 0 fully saturated rings. The molecule has 0 aliphatic carbocycles. The van der Waals surface area contributed by atoms with Crippen molar-refractivity contribution >= 4 is 11.3 Å². The van der Waals surface area contributed by atoms with Crippen molar-refractivity contribution in [2.24, 2.45) is 0 Å². The Morgan fingerprint density at radius 2 is 2.05 bits per heavy atom. The lowest BCUT2D eigenvalue weighted by molar-refractivity contribution is 0.670. The summed E-state index contributed by atoms with van der Waals surface area (Å²) in [5.41, 5.74) is 4.63. The summed E-state index contributed by atoms with van der Waals surface area (Å²) in [6.45, 7) is 12.7. The highest BCUT2D eigenvalue weighted by molar-refractivity contribution is 7.15. The molecule has 4 heteroatoms. The molecule has 21 heavy (non-hydrogen) atoms. The van der Waals surface area contributed by atoms with E-state index >= 15 is 0 Å². The minimum atomic E-state index is 0.444. The molecular formula is C17H25N3S. The zero-order valence-corrected chi connectivity index (χ0v) is 14.5. The van der Waals surface area contributed by atoms with Crippen LogP contribution in [0.5, 0.6) is 0 Å². The first-order chi connectivity index (χ1) is 10.0. The Morgan fingerprint density at radius 3 is 2.67 bits per heavy atom. The van der Waals surface area contributed by atoms with E-state index < -0.39 is 0 Å². The number of nitrogens with zero attached hydrogens (tertiary/aromatic N) is 2. The van der Waals surface area contributed by atoms with Crippen LogP contribution in [0.3, 0.4) is 0 Å². The number of pyridine rings is 1. The topological polar surface area (TPSA) is 37.8 Å². The summed E-state index contributed by atoms with van der Waals surface area (Å²) in [5.74, 6) is 0.444. The van der Waals surface area contributed by atoms with Crippen LogP contribution in [-0.4, -0.2) is 16.5 Å². The normalized spacial score (nSPS) is 11.3. The van der Waals surface area contributed by atoms with E-state index in [4.69, 9.17) is 4.98 Å². The van der Waals surface area contributed by atoms with Gasteiger partial charge in [-0.2, -0.15) is 0 Å². The fourth-order valence-corrected chi connectivity index (χ4v) is 3.61. The van der Waals surface area contributed by atoms with Gasteiger partial charge in [-0.05, 0) is 43.9 Å². The Hall–Kier alpha value is -1.26. The van der Waals surface area contributed by atoms with Crippen LogP contribution in [0.2, 0.25) is 0 Å². The molecule has 114 valence electrons. The van der Waals surface area contributed by atoms with E-state index in [1.807, 2.05) is 6.20 Å². The van der Waals surface area contributed by atoms with Gasteiger partial charge in [0.05, 0.1) is 5.69 Å². The van der Waals surface area contributed by atoms with Gasteiger partial charge >= 0.3 is 0 Å². The number of aryl methyl sites for hydroxylation is 2. The lowest BCUT2D eigenvalue weighted by Gasteiger charge is -2.05. The van der Waals surface area contributed by atoms with E-state index in [9.17, 15) is 0 Å². The summed E-state index contributed by atoms with van der Waals surface area (Å²) in [4.78, 5) is 10.8. The Balaban J connectivity index is 2.34. The molecular weight excluding hydrogens is 278 g/mol. The van der Waals surface area contributed by atoms with Crippen LogP contribution in [-0.2, 0) is 6.54 Å². The van der Waals surface area contributed by atoms with Crippen molar-refractivity contribution in [2.45, 2.75) is 53.5 Å². The van der Waals surface area contributed by atoms with E-state index in [1.165, 1.54) is 21.7 Å². The lowest BCUT2D eigenvalue weighted by Crippen LogP contribution is -2.14. The zero-order valence-electron chi connectivity index (χ0n) is 13.7. The molecule has 2 heterocycles. The van der Waals surface area contributed by atoms with E-state index in [0.29, 0.717) is 5.92 Å². The summed E-state index contributed by atoms with van der Waals surface area (Å²) < 4.78 is 0. The Morgan fingerprint density at radius 1 is 1.29 bits per heavy atom. The summed E-state index contributed by atoms with van der Waals surface area (Å²) >= 11 is 1.78. The third-order valence-electron chi connectivity index (χ3n) is 3.40. The molecule has 0 aliphatic rings. The maximum Gasteiger partial charge on any atom is 0.142 e. The van der Waals surface area contributed by atoms with Crippen molar-refractivity contribution < 1.29 is 0 Å². The van der Waals surface area contributed by atoms with E-state index in [0.717, 1.165) is 30.2 Å². The van der Waals surface area contributed by atoms with Gasteiger partial charge < -0.3 is 5.32 Å². The smallest absolute Gasteiger partial charge is 0.142 e. The highest BCUT2D eigenvalue weighted by atomic mass is 32.1. The van der Waals surface area contributed by atoms with Gasteiger partial charge in [-0.15, -0.1) is 11.3 Å². The van der Waals surface area contributed by atoms with Gasteiger partial charge in [0.1, 0.15) is 10.7 Å². The number of aromatic nitrogens is 2. The van der Waals surface area contributed by atoms with Crippen molar-refractivity contribution in [3.05, 3.63) is 34.0 Å². The van der Waals surface area contributed by atoms with Crippen LogP contribution in [0.25, 0.3) is 10.7 Å². The van der Waals surface area contributed by atoms with Gasteiger partial charge in [0.2, 0.25) is 0 Å². The van der Waals surface area contributed by atoms with Crippen molar-refractivity contribution in [1.82, 2.24) is 15.3 Å². The Labute approximate surface area is 131 Å². The third-order valence-corrected chi connectivity index (χ3v) is 4.48. The number of nitrogens with one attached hydrogen (secondary N) is 1. The average molecular weight is 303 g/mol. The largest absolute Gasteiger partial charge is 0.312 e. The first kappa shape index (κ1) is 16.1. The van der Waals surface area contributed by atoms with Gasteiger partial charge in [-0.3, -0.25) is 4.98 Å². The van der Waals surface area contributed by atoms with Crippen LogP contribution >= 0.6 is 11.3 Å². The average Bonchev–Trinajstić information content (AvgIpc) is 2.83. The van der Waals surface area contributed by atoms with Crippen LogP contribution in [0.4, 0.5) is 0 Å². The molecule has 0 bridgehead atoms. The molecule has 3 nitrogen and oxygen atoms in total. The fourth-order valence-electron chi connectivity index (χ4n) is 2.36. The van der Waals surface area contributed by atoms with Crippen molar-refractivity contribution in [1.29, 1.82) is 0 Å². The minimum absolute atomic E-state index is 0.444. The van der Waals surface area contributed by atoms with Crippen molar-refractivity contribution in [3.8, 4) is 10.7 Å². The quantitative estimate of drug-likeness (QED) is 0.801. The summed E-state index contributed by atoms with van der Waals surface area (Å²) in [6.07, 6.45) is 3.08. The highest BCUT2D eigenvalue weighted by Crippen LogP contribution is 2.32. The maximum absolute atomic E-state index is 4.87. The van der Waals surface area contributed by atoms with Crippen LogP contribution < -0.4 is 5.32 Å². The molecule has 2 rings (SSSR count). The summed E-state index contributed by atoms with van der Waals surface area (Å²) in [7, 11) is 0. The van der Waals surface area contributed by atoms with Crippen LogP contribution in [0.1, 0.15) is 54.8 Å². The van der Waals surface area contributed by atoms with E-state index in [-0.39, 0.29) is 0 Å². The predicted molar refractivity (Wildman–Crippen MR) is 90.9 cm³/mol. The monoisotopic (exact) mass is 303 g/mol. The summed E-state index contributed by atoms with van der Waals surface area (Å²) in [5, 5.41) is 4.53. The highest BCUT2D eigenvalue weighted by Gasteiger charge is 2.16. The van der Waals surface area contributed by atoms with Gasteiger partial charge in [-0.1, -0.05) is 26.8 Å². The molecule has 0 amide bonds. The molecule has 2 aromatic heterocycles. The Bertz CT molecular complexity index is 602. The third kappa shape index (κ3) is 3.89. The second kappa shape index (κ2) is 7.14. The molecule has 0 aliphatic heterocycles. The van der Waals surface area contributed by atoms with Crippen molar-refractivity contribution in [3.63, 3.8) is 0 Å². The molecule has 0 unspecified atom stereocenters. The number of thiazole rings is 1. The van der Waals surface area contributed by atoms with Crippen LogP contribution in [0, 0.1) is 13.8 Å². The second-order valence-electron chi connectivity index (χ2n) is 5.84. The van der Waals surface area contributed by atoms with E-state index in [2.05, 4.69) is 51.0 Å². The number of hydrogen-bond donors (Lipinski definition) is 1. The SMILES string of the molecule is CCCNCc1sc(-c2ncc(C)cc2C)nc1C(C)C. The molecule has 0 spiro atoms.